The fraction of sp³-hybridized carbons (Fsp3) is 0.429. The minimum atomic E-state index is 0.364. The molecule has 2 heterocycles. The maximum atomic E-state index is 3.47. The van der Waals surface area contributed by atoms with Gasteiger partial charge in [0.1, 0.15) is 0 Å². The van der Waals surface area contributed by atoms with E-state index in [9.17, 15) is 0 Å². The maximum Gasteiger partial charge on any atom is 0.0768 e. The Balaban J connectivity index is 2.43. The molecule has 92 valence electrons. The Morgan fingerprint density at radius 3 is 2.59 bits per heavy atom. The fourth-order valence-corrected chi connectivity index (χ4v) is 4.57. The summed E-state index contributed by atoms with van der Waals surface area (Å²) < 4.78 is 0. The topological polar surface area (TPSA) is 12.0 Å². The van der Waals surface area contributed by atoms with Crippen molar-refractivity contribution in [2.24, 2.45) is 0 Å². The Morgan fingerprint density at radius 1 is 1.29 bits per heavy atom. The van der Waals surface area contributed by atoms with Crippen LogP contribution in [0.25, 0.3) is 0 Å². The molecule has 3 heteroatoms. The van der Waals surface area contributed by atoms with Gasteiger partial charge in [0.15, 0.2) is 0 Å². The monoisotopic (exact) mass is 265 g/mol. The molecule has 0 spiro atoms. The molecule has 0 amide bonds. The van der Waals surface area contributed by atoms with E-state index in [1.54, 1.807) is 0 Å². The summed E-state index contributed by atoms with van der Waals surface area (Å²) in [5.74, 6) is 0. The summed E-state index contributed by atoms with van der Waals surface area (Å²) in [4.78, 5) is 4.33. The van der Waals surface area contributed by atoms with E-state index in [2.05, 4.69) is 50.6 Å². The van der Waals surface area contributed by atoms with Crippen LogP contribution < -0.4 is 5.32 Å². The Bertz CT molecular complexity index is 496. The number of thiophene rings is 2. The minimum absolute atomic E-state index is 0.364. The second-order valence-corrected chi connectivity index (χ2v) is 6.53. The Labute approximate surface area is 112 Å². The lowest BCUT2D eigenvalue weighted by molar-refractivity contribution is 0.706. The second kappa shape index (κ2) is 5.34. The van der Waals surface area contributed by atoms with Crippen LogP contribution in [0.1, 0.15) is 38.7 Å². The zero-order valence-corrected chi connectivity index (χ0v) is 12.5. The van der Waals surface area contributed by atoms with Crippen LogP contribution in [0, 0.1) is 13.8 Å². The summed E-state index contributed by atoms with van der Waals surface area (Å²) in [6.07, 6.45) is 1.11. The summed E-state index contributed by atoms with van der Waals surface area (Å²) in [6.45, 7) is 6.62. The van der Waals surface area contributed by atoms with Gasteiger partial charge in [-0.3, -0.25) is 0 Å². The molecule has 2 aromatic heterocycles. The van der Waals surface area contributed by atoms with Gasteiger partial charge in [0, 0.05) is 14.6 Å². The summed E-state index contributed by atoms with van der Waals surface area (Å²) in [5, 5.41) is 5.67. The molecule has 1 N–H and O–H groups in total. The highest BCUT2D eigenvalue weighted by Crippen LogP contribution is 2.35. The van der Waals surface area contributed by atoms with Gasteiger partial charge in [-0.05, 0) is 56.0 Å². The predicted molar refractivity (Wildman–Crippen MR) is 78.4 cm³/mol. The molecule has 0 aliphatic heterocycles. The Kier molecular flexibility index (Phi) is 4.02. The van der Waals surface area contributed by atoms with Gasteiger partial charge in [-0.1, -0.05) is 6.92 Å². The lowest BCUT2D eigenvalue weighted by Crippen LogP contribution is -2.17. The molecule has 0 saturated carbocycles. The fourth-order valence-electron chi connectivity index (χ4n) is 2.22. The normalized spacial score (nSPS) is 12.9. The van der Waals surface area contributed by atoms with E-state index < -0.39 is 0 Å². The second-order valence-electron chi connectivity index (χ2n) is 4.29. The number of nitrogens with one attached hydrogen (secondary N) is 1. The van der Waals surface area contributed by atoms with Crippen LogP contribution in [0.15, 0.2) is 17.5 Å². The van der Waals surface area contributed by atoms with Gasteiger partial charge in [-0.15, -0.1) is 22.7 Å². The third-order valence-corrected chi connectivity index (χ3v) is 5.30. The summed E-state index contributed by atoms with van der Waals surface area (Å²) in [6, 6.07) is 4.90. The molecule has 0 aliphatic rings. The highest BCUT2D eigenvalue weighted by Gasteiger charge is 2.20. The minimum Gasteiger partial charge on any atom is -0.308 e. The van der Waals surface area contributed by atoms with Crippen LogP contribution in [-0.2, 0) is 6.42 Å². The van der Waals surface area contributed by atoms with E-state index >= 15 is 0 Å². The van der Waals surface area contributed by atoms with Gasteiger partial charge >= 0.3 is 0 Å². The van der Waals surface area contributed by atoms with Gasteiger partial charge < -0.3 is 5.32 Å². The van der Waals surface area contributed by atoms with Crippen molar-refractivity contribution >= 4 is 22.7 Å². The van der Waals surface area contributed by atoms with Crippen molar-refractivity contribution in [3.8, 4) is 0 Å². The van der Waals surface area contributed by atoms with Crippen molar-refractivity contribution in [3.05, 3.63) is 43.3 Å². The van der Waals surface area contributed by atoms with Crippen LogP contribution in [0.4, 0.5) is 0 Å². The van der Waals surface area contributed by atoms with Crippen LogP contribution in [-0.4, -0.2) is 7.05 Å². The average Bonchev–Trinajstić information content (AvgIpc) is 2.88. The van der Waals surface area contributed by atoms with Crippen molar-refractivity contribution in [2.45, 2.75) is 33.2 Å². The summed E-state index contributed by atoms with van der Waals surface area (Å²) in [7, 11) is 2.05. The first-order chi connectivity index (χ1) is 8.17. The molecule has 1 nitrogen and oxygen atoms in total. The molecular weight excluding hydrogens is 246 g/mol. The van der Waals surface area contributed by atoms with Crippen LogP contribution in [0.3, 0.4) is 0 Å². The lowest BCUT2D eigenvalue weighted by Gasteiger charge is -2.16. The van der Waals surface area contributed by atoms with Crippen molar-refractivity contribution in [3.63, 3.8) is 0 Å². The Morgan fingerprint density at radius 2 is 2.06 bits per heavy atom. The van der Waals surface area contributed by atoms with Crippen molar-refractivity contribution in [1.29, 1.82) is 0 Å². The number of hydrogen-bond donors (Lipinski definition) is 1. The van der Waals surface area contributed by atoms with E-state index in [4.69, 9.17) is 0 Å². The standard InChI is InChI=1S/C14H19NS2/c1-5-11-6-7-16-14(11)12(15-4)13-9(2)8-10(3)17-13/h6-8,12,15H,5H2,1-4H3. The number of aryl methyl sites for hydroxylation is 3. The SMILES string of the molecule is CCc1ccsc1C(NC)c1sc(C)cc1C. The zero-order chi connectivity index (χ0) is 12.4. The number of rotatable bonds is 4. The smallest absolute Gasteiger partial charge is 0.0768 e. The van der Waals surface area contributed by atoms with Gasteiger partial charge in [0.05, 0.1) is 6.04 Å². The van der Waals surface area contributed by atoms with E-state index in [-0.39, 0.29) is 0 Å². The van der Waals surface area contributed by atoms with E-state index in [1.165, 1.54) is 25.8 Å². The van der Waals surface area contributed by atoms with E-state index in [0.717, 1.165) is 6.42 Å². The van der Waals surface area contributed by atoms with Gasteiger partial charge in [0.25, 0.3) is 0 Å². The van der Waals surface area contributed by atoms with E-state index in [1.807, 2.05) is 22.7 Å². The maximum absolute atomic E-state index is 3.47. The van der Waals surface area contributed by atoms with Crippen molar-refractivity contribution < 1.29 is 0 Å². The summed E-state index contributed by atoms with van der Waals surface area (Å²) >= 11 is 3.77. The van der Waals surface area contributed by atoms with Crippen LogP contribution in [0.2, 0.25) is 0 Å². The quantitative estimate of drug-likeness (QED) is 0.869. The molecule has 0 aromatic carbocycles. The first kappa shape index (κ1) is 12.8. The Hall–Kier alpha value is -0.640. The third kappa shape index (κ3) is 2.46. The molecule has 1 unspecified atom stereocenters. The largest absolute Gasteiger partial charge is 0.308 e. The lowest BCUT2D eigenvalue weighted by atomic mass is 10.1. The van der Waals surface area contributed by atoms with E-state index in [0.29, 0.717) is 6.04 Å². The first-order valence-electron chi connectivity index (χ1n) is 5.97. The van der Waals surface area contributed by atoms with Crippen LogP contribution in [0.5, 0.6) is 0 Å². The molecule has 0 radical (unpaired) electrons. The molecule has 17 heavy (non-hydrogen) atoms. The van der Waals surface area contributed by atoms with Gasteiger partial charge in [-0.25, -0.2) is 0 Å². The highest BCUT2D eigenvalue weighted by molar-refractivity contribution is 7.13. The first-order valence-corrected chi connectivity index (χ1v) is 7.67. The number of hydrogen-bond acceptors (Lipinski definition) is 3. The summed E-state index contributed by atoms with van der Waals surface area (Å²) in [5.41, 5.74) is 2.88. The predicted octanol–water partition coefficient (Wildman–Crippen LogP) is 4.30. The van der Waals surface area contributed by atoms with Crippen LogP contribution >= 0.6 is 22.7 Å². The highest BCUT2D eigenvalue weighted by atomic mass is 32.1. The zero-order valence-electron chi connectivity index (χ0n) is 10.8. The van der Waals surface area contributed by atoms with Crippen molar-refractivity contribution in [1.82, 2.24) is 5.32 Å². The van der Waals surface area contributed by atoms with Gasteiger partial charge in [0.2, 0.25) is 0 Å². The molecule has 0 aliphatic carbocycles. The molecule has 2 aromatic rings. The molecule has 2 rings (SSSR count). The van der Waals surface area contributed by atoms with Gasteiger partial charge in [-0.2, -0.15) is 0 Å². The third-order valence-electron chi connectivity index (χ3n) is 3.05. The molecular formula is C14H19NS2. The molecule has 1 atom stereocenters. The molecule has 0 saturated heterocycles. The molecule has 0 fully saturated rings. The molecule has 0 bridgehead atoms. The van der Waals surface area contributed by atoms with Crippen molar-refractivity contribution in [2.75, 3.05) is 7.05 Å². The average molecular weight is 265 g/mol.